The molecule has 0 saturated carbocycles. The third-order valence-corrected chi connectivity index (χ3v) is 5.84. The van der Waals surface area contributed by atoms with Crippen LogP contribution in [0.2, 0.25) is 0 Å². The second-order valence-electron chi connectivity index (χ2n) is 5.88. The van der Waals surface area contributed by atoms with Crippen molar-refractivity contribution in [1.29, 1.82) is 0 Å². The number of H-pyrrole nitrogens is 1. The van der Waals surface area contributed by atoms with Crippen LogP contribution in [-0.4, -0.2) is 42.3 Å². The fourth-order valence-electron chi connectivity index (χ4n) is 2.40. The van der Waals surface area contributed by atoms with E-state index in [2.05, 4.69) is 10.2 Å². The summed E-state index contributed by atoms with van der Waals surface area (Å²) in [6.45, 7) is 2.45. The summed E-state index contributed by atoms with van der Waals surface area (Å²) in [5.41, 5.74) is 2.32. The van der Waals surface area contributed by atoms with Gasteiger partial charge in [-0.15, -0.1) is 0 Å². The molecule has 0 fully saturated rings. The Bertz CT molecular complexity index is 759. The molecule has 0 bridgehead atoms. The van der Waals surface area contributed by atoms with E-state index in [1.54, 1.807) is 19.2 Å². The first-order chi connectivity index (χ1) is 11.4. The van der Waals surface area contributed by atoms with Crippen LogP contribution in [0, 0.1) is 5.82 Å². The van der Waals surface area contributed by atoms with Crippen LogP contribution >= 0.6 is 0 Å². The first-order valence-electron chi connectivity index (χ1n) is 8.16. The first kappa shape index (κ1) is 18.6. The number of aromatic nitrogens is 2. The minimum Gasteiger partial charge on any atom is -0.282 e. The second kappa shape index (κ2) is 8.39. The minimum atomic E-state index is -3.15. The normalized spacial score (nSPS) is 12.0. The zero-order chi connectivity index (χ0) is 17.6. The maximum atomic E-state index is 13.3. The fraction of sp³-hybridized carbons (Fsp3) is 0.471. The number of nitrogens with zero attached hydrogens (tertiary/aromatic N) is 2. The zero-order valence-corrected chi connectivity index (χ0v) is 14.9. The van der Waals surface area contributed by atoms with E-state index < -0.39 is 10.0 Å². The molecule has 0 spiro atoms. The van der Waals surface area contributed by atoms with Crippen LogP contribution in [0.3, 0.4) is 0 Å². The molecule has 5 nitrogen and oxygen atoms in total. The summed E-state index contributed by atoms with van der Waals surface area (Å²) in [6.07, 6.45) is 2.94. The van der Waals surface area contributed by atoms with Crippen molar-refractivity contribution in [3.63, 3.8) is 0 Å². The van der Waals surface area contributed by atoms with E-state index in [0.29, 0.717) is 31.5 Å². The molecular formula is C17H24FN3O2S. The van der Waals surface area contributed by atoms with Gasteiger partial charge in [0.25, 0.3) is 0 Å². The van der Waals surface area contributed by atoms with Crippen LogP contribution in [0.4, 0.5) is 4.39 Å². The largest absolute Gasteiger partial charge is 0.282 e. The molecule has 1 heterocycles. The van der Waals surface area contributed by atoms with Gasteiger partial charge in [-0.1, -0.05) is 25.5 Å². The third-order valence-electron chi connectivity index (χ3n) is 3.90. The van der Waals surface area contributed by atoms with E-state index in [1.807, 2.05) is 13.0 Å². The van der Waals surface area contributed by atoms with Crippen molar-refractivity contribution in [2.75, 3.05) is 19.3 Å². The monoisotopic (exact) mass is 353 g/mol. The molecule has 0 saturated heterocycles. The summed E-state index contributed by atoms with van der Waals surface area (Å²) < 4.78 is 38.7. The highest BCUT2D eigenvalue weighted by Crippen LogP contribution is 2.19. The lowest BCUT2D eigenvalue weighted by molar-refractivity contribution is 0.459. The summed E-state index contributed by atoms with van der Waals surface area (Å²) in [4.78, 5) is 0. The molecule has 0 unspecified atom stereocenters. The van der Waals surface area contributed by atoms with Crippen LogP contribution in [0.25, 0.3) is 11.3 Å². The van der Waals surface area contributed by atoms with Crippen molar-refractivity contribution in [2.24, 2.45) is 0 Å². The number of aryl methyl sites for hydroxylation is 1. The van der Waals surface area contributed by atoms with Crippen molar-refractivity contribution < 1.29 is 12.8 Å². The molecule has 24 heavy (non-hydrogen) atoms. The number of benzene rings is 1. The first-order valence-corrected chi connectivity index (χ1v) is 9.77. The summed E-state index contributed by atoms with van der Waals surface area (Å²) >= 11 is 0. The number of hydrogen-bond acceptors (Lipinski definition) is 3. The van der Waals surface area contributed by atoms with E-state index in [-0.39, 0.29) is 11.6 Å². The molecule has 0 amide bonds. The van der Waals surface area contributed by atoms with Crippen molar-refractivity contribution in [3.05, 3.63) is 41.8 Å². The third kappa shape index (κ3) is 5.14. The molecule has 7 heteroatoms. The molecule has 2 aromatic rings. The van der Waals surface area contributed by atoms with E-state index in [1.165, 1.54) is 16.4 Å². The quantitative estimate of drug-likeness (QED) is 0.753. The van der Waals surface area contributed by atoms with Crippen LogP contribution in [0.5, 0.6) is 0 Å². The van der Waals surface area contributed by atoms with Gasteiger partial charge in [0, 0.05) is 24.8 Å². The lowest BCUT2D eigenvalue weighted by Gasteiger charge is -2.16. The summed E-state index contributed by atoms with van der Waals surface area (Å²) in [6, 6.07) is 8.16. The van der Waals surface area contributed by atoms with E-state index in [4.69, 9.17) is 0 Å². The Hall–Kier alpha value is -1.73. The number of nitrogens with one attached hydrogen (secondary N) is 1. The van der Waals surface area contributed by atoms with E-state index in [0.717, 1.165) is 17.7 Å². The smallest absolute Gasteiger partial charge is 0.213 e. The maximum absolute atomic E-state index is 13.3. The Kier molecular flexibility index (Phi) is 6.51. The average molecular weight is 353 g/mol. The Morgan fingerprint density at radius 3 is 2.75 bits per heavy atom. The number of rotatable bonds is 9. The zero-order valence-electron chi connectivity index (χ0n) is 14.1. The van der Waals surface area contributed by atoms with Gasteiger partial charge in [0.15, 0.2) is 0 Å². The molecule has 0 atom stereocenters. The lowest BCUT2D eigenvalue weighted by Crippen LogP contribution is -2.30. The summed E-state index contributed by atoms with van der Waals surface area (Å²) in [5, 5.41) is 7.12. The fourth-order valence-corrected chi connectivity index (χ4v) is 3.77. The highest BCUT2D eigenvalue weighted by molar-refractivity contribution is 7.89. The van der Waals surface area contributed by atoms with Crippen molar-refractivity contribution in [1.82, 2.24) is 14.5 Å². The van der Waals surface area contributed by atoms with Gasteiger partial charge in [0.1, 0.15) is 5.82 Å². The van der Waals surface area contributed by atoms with Crippen LogP contribution in [0.15, 0.2) is 30.3 Å². The van der Waals surface area contributed by atoms with E-state index >= 15 is 0 Å². The van der Waals surface area contributed by atoms with Gasteiger partial charge >= 0.3 is 0 Å². The lowest BCUT2D eigenvalue weighted by atomic mass is 10.1. The molecule has 0 aliphatic carbocycles. The van der Waals surface area contributed by atoms with Gasteiger partial charge < -0.3 is 0 Å². The van der Waals surface area contributed by atoms with Crippen LogP contribution < -0.4 is 0 Å². The molecule has 2 rings (SSSR count). The van der Waals surface area contributed by atoms with Gasteiger partial charge in [0.05, 0.1) is 11.4 Å². The van der Waals surface area contributed by atoms with E-state index in [9.17, 15) is 12.8 Å². The molecule has 1 aromatic heterocycles. The Morgan fingerprint density at radius 2 is 2.04 bits per heavy atom. The summed E-state index contributed by atoms with van der Waals surface area (Å²) in [5.74, 6) is -0.0932. The molecule has 0 aliphatic heterocycles. The second-order valence-corrected chi connectivity index (χ2v) is 8.08. The number of aromatic amines is 1. The number of halogens is 1. The molecule has 0 radical (unpaired) electrons. The predicted molar refractivity (Wildman–Crippen MR) is 93.6 cm³/mol. The molecule has 132 valence electrons. The molecule has 1 aromatic carbocycles. The topological polar surface area (TPSA) is 66.1 Å². The van der Waals surface area contributed by atoms with Crippen molar-refractivity contribution in [2.45, 2.75) is 32.6 Å². The highest BCUT2D eigenvalue weighted by atomic mass is 32.2. The predicted octanol–water partition coefficient (Wildman–Crippen LogP) is 3.21. The van der Waals surface area contributed by atoms with Gasteiger partial charge in [-0.05, 0) is 37.5 Å². The van der Waals surface area contributed by atoms with Gasteiger partial charge in [-0.25, -0.2) is 17.1 Å². The molecule has 1 N–H and O–H groups in total. The van der Waals surface area contributed by atoms with Gasteiger partial charge in [0.2, 0.25) is 10.0 Å². The number of unbranched alkanes of at least 4 members (excludes halogenated alkanes) is 1. The Balaban J connectivity index is 1.87. The standard InChI is InChI=1S/C17H24FN3O2S/c1-3-4-11-24(22,23)21(2)10-6-9-16-13-17(20-19-16)14-7-5-8-15(18)12-14/h5,7-8,12-13H,3-4,6,9-11H2,1-2H3,(H,19,20). The summed E-state index contributed by atoms with van der Waals surface area (Å²) in [7, 11) is -1.53. The Morgan fingerprint density at radius 1 is 1.25 bits per heavy atom. The number of sulfonamides is 1. The van der Waals surface area contributed by atoms with Crippen LogP contribution in [-0.2, 0) is 16.4 Å². The SMILES string of the molecule is CCCCS(=O)(=O)N(C)CCCc1cc(-c2cccc(F)c2)n[nH]1. The molecule has 0 aliphatic rings. The highest BCUT2D eigenvalue weighted by Gasteiger charge is 2.16. The van der Waals surface area contributed by atoms with Gasteiger partial charge in [-0.3, -0.25) is 5.10 Å². The van der Waals surface area contributed by atoms with Gasteiger partial charge in [-0.2, -0.15) is 5.10 Å². The maximum Gasteiger partial charge on any atom is 0.213 e. The van der Waals surface area contributed by atoms with Crippen LogP contribution in [0.1, 0.15) is 31.9 Å². The Labute approximate surface area is 142 Å². The minimum absolute atomic E-state index is 0.202. The molecular weight excluding hydrogens is 329 g/mol. The number of hydrogen-bond donors (Lipinski definition) is 1. The van der Waals surface area contributed by atoms with Crippen molar-refractivity contribution in [3.8, 4) is 11.3 Å². The average Bonchev–Trinajstić information content (AvgIpc) is 3.02. The van der Waals surface area contributed by atoms with Crippen molar-refractivity contribution >= 4 is 10.0 Å².